The summed E-state index contributed by atoms with van der Waals surface area (Å²) >= 11 is 0. The van der Waals surface area contributed by atoms with Crippen molar-refractivity contribution in [3.63, 3.8) is 0 Å². The van der Waals surface area contributed by atoms with E-state index in [1.165, 1.54) is 0 Å². The van der Waals surface area contributed by atoms with Crippen LogP contribution in [0, 0.1) is 0 Å². The fourth-order valence-corrected chi connectivity index (χ4v) is 2.02. The number of hydrogen-bond acceptors (Lipinski definition) is 5. The lowest BCUT2D eigenvalue weighted by atomic mass is 10.1. The van der Waals surface area contributed by atoms with E-state index in [1.54, 1.807) is 13.2 Å². The van der Waals surface area contributed by atoms with E-state index in [1.807, 2.05) is 12.1 Å². The van der Waals surface area contributed by atoms with Crippen LogP contribution in [0.1, 0.15) is 18.1 Å². The van der Waals surface area contributed by atoms with E-state index in [0.717, 1.165) is 13.0 Å². The van der Waals surface area contributed by atoms with Gasteiger partial charge in [-0.05, 0) is 6.07 Å². The molecule has 1 fully saturated rings. The molecule has 0 radical (unpaired) electrons. The second-order valence-corrected chi connectivity index (χ2v) is 4.23. The van der Waals surface area contributed by atoms with Crippen molar-refractivity contribution in [3.05, 3.63) is 23.8 Å². The molecular weight excluding hydrogens is 234 g/mol. The van der Waals surface area contributed by atoms with E-state index < -0.39 is 6.10 Å². The van der Waals surface area contributed by atoms with Crippen LogP contribution >= 0.6 is 0 Å². The van der Waals surface area contributed by atoms with Crippen molar-refractivity contribution in [2.75, 3.05) is 26.9 Å². The minimum absolute atomic E-state index is 0.0455. The van der Waals surface area contributed by atoms with Crippen LogP contribution in [-0.2, 0) is 4.74 Å². The van der Waals surface area contributed by atoms with Crippen LogP contribution in [0.4, 0.5) is 0 Å². The maximum absolute atomic E-state index is 9.84. The number of rotatable bonds is 5. The zero-order chi connectivity index (χ0) is 13.0. The van der Waals surface area contributed by atoms with Gasteiger partial charge in [0, 0.05) is 18.5 Å². The zero-order valence-corrected chi connectivity index (χ0v) is 10.5. The minimum Gasteiger partial charge on any atom is -0.492 e. The Hall–Kier alpha value is -1.30. The third kappa shape index (κ3) is 2.75. The monoisotopic (exact) mass is 253 g/mol. The Kier molecular flexibility index (Phi) is 4.41. The second-order valence-electron chi connectivity index (χ2n) is 4.23. The number of hydrogen-bond donors (Lipinski definition) is 2. The van der Waals surface area contributed by atoms with E-state index in [4.69, 9.17) is 19.9 Å². The SMILES string of the molecule is COc1c(OC2CCOC2)cccc1C(O)CN. The van der Waals surface area contributed by atoms with Crippen LogP contribution in [0.25, 0.3) is 0 Å². The number of methoxy groups -OCH3 is 1. The van der Waals surface area contributed by atoms with Crippen LogP contribution < -0.4 is 15.2 Å². The fourth-order valence-electron chi connectivity index (χ4n) is 2.02. The summed E-state index contributed by atoms with van der Waals surface area (Å²) in [6.45, 7) is 1.46. The van der Waals surface area contributed by atoms with Gasteiger partial charge in [-0.15, -0.1) is 0 Å². The van der Waals surface area contributed by atoms with Crippen LogP contribution in [0.2, 0.25) is 0 Å². The molecule has 1 aromatic carbocycles. The van der Waals surface area contributed by atoms with Crippen molar-refractivity contribution in [2.45, 2.75) is 18.6 Å². The minimum atomic E-state index is -0.747. The summed E-state index contributed by atoms with van der Waals surface area (Å²) < 4.78 is 16.4. The fraction of sp³-hybridized carbons (Fsp3) is 0.538. The highest BCUT2D eigenvalue weighted by atomic mass is 16.6. The van der Waals surface area contributed by atoms with Crippen LogP contribution in [-0.4, -0.2) is 38.1 Å². The number of aliphatic hydroxyl groups excluding tert-OH is 1. The topological polar surface area (TPSA) is 73.9 Å². The number of benzene rings is 1. The largest absolute Gasteiger partial charge is 0.492 e. The van der Waals surface area contributed by atoms with Crippen molar-refractivity contribution in [1.82, 2.24) is 0 Å². The second kappa shape index (κ2) is 6.04. The summed E-state index contributed by atoms with van der Waals surface area (Å²) in [6.07, 6.45) is 0.166. The Morgan fingerprint density at radius 2 is 2.39 bits per heavy atom. The number of para-hydroxylation sites is 1. The van der Waals surface area contributed by atoms with E-state index in [9.17, 15) is 5.11 Å². The van der Waals surface area contributed by atoms with Crippen molar-refractivity contribution in [1.29, 1.82) is 0 Å². The Bertz CT molecular complexity index is 391. The molecule has 0 bridgehead atoms. The summed E-state index contributed by atoms with van der Waals surface area (Å²) in [4.78, 5) is 0. The first-order valence-corrected chi connectivity index (χ1v) is 6.05. The maximum atomic E-state index is 9.84. The maximum Gasteiger partial charge on any atom is 0.166 e. The first kappa shape index (κ1) is 13.1. The zero-order valence-electron chi connectivity index (χ0n) is 10.5. The van der Waals surface area contributed by atoms with E-state index in [2.05, 4.69) is 0 Å². The molecule has 0 amide bonds. The van der Waals surface area contributed by atoms with Gasteiger partial charge in [0.05, 0.1) is 26.4 Å². The summed E-state index contributed by atoms with van der Waals surface area (Å²) in [5, 5.41) is 9.84. The van der Waals surface area contributed by atoms with Gasteiger partial charge in [-0.25, -0.2) is 0 Å². The molecule has 3 N–H and O–H groups in total. The molecule has 5 heteroatoms. The van der Waals surface area contributed by atoms with Gasteiger partial charge in [-0.1, -0.05) is 12.1 Å². The molecule has 1 aliphatic heterocycles. The van der Waals surface area contributed by atoms with E-state index >= 15 is 0 Å². The highest BCUT2D eigenvalue weighted by Gasteiger charge is 2.21. The lowest BCUT2D eigenvalue weighted by Gasteiger charge is -2.19. The third-order valence-corrected chi connectivity index (χ3v) is 2.98. The Labute approximate surface area is 106 Å². The first-order valence-electron chi connectivity index (χ1n) is 6.05. The summed E-state index contributed by atoms with van der Waals surface area (Å²) in [7, 11) is 1.56. The predicted molar refractivity (Wildman–Crippen MR) is 66.9 cm³/mol. The smallest absolute Gasteiger partial charge is 0.166 e. The molecule has 1 heterocycles. The van der Waals surface area contributed by atoms with Crippen molar-refractivity contribution < 1.29 is 19.3 Å². The molecule has 2 atom stereocenters. The Morgan fingerprint density at radius 1 is 1.56 bits per heavy atom. The number of ether oxygens (including phenoxy) is 3. The van der Waals surface area contributed by atoms with Crippen molar-refractivity contribution >= 4 is 0 Å². The first-order chi connectivity index (χ1) is 8.76. The molecular formula is C13H19NO4. The molecule has 1 aromatic rings. The van der Waals surface area contributed by atoms with Gasteiger partial charge in [-0.3, -0.25) is 0 Å². The molecule has 0 spiro atoms. The summed E-state index contributed by atoms with van der Waals surface area (Å²) in [5.41, 5.74) is 6.12. The average molecular weight is 253 g/mol. The van der Waals surface area contributed by atoms with Gasteiger partial charge in [0.1, 0.15) is 6.10 Å². The lowest BCUT2D eigenvalue weighted by Crippen LogP contribution is -2.17. The average Bonchev–Trinajstić information content (AvgIpc) is 2.90. The predicted octanol–water partition coefficient (Wildman–Crippen LogP) is 0.855. The summed E-state index contributed by atoms with van der Waals surface area (Å²) in [5.74, 6) is 1.17. The Morgan fingerprint density at radius 3 is 3.00 bits per heavy atom. The van der Waals surface area contributed by atoms with Crippen molar-refractivity contribution in [3.8, 4) is 11.5 Å². The molecule has 5 nitrogen and oxygen atoms in total. The molecule has 0 aliphatic carbocycles. The highest BCUT2D eigenvalue weighted by Crippen LogP contribution is 2.35. The molecule has 1 aliphatic rings. The number of aliphatic hydroxyl groups is 1. The van der Waals surface area contributed by atoms with Gasteiger partial charge >= 0.3 is 0 Å². The van der Waals surface area contributed by atoms with E-state index in [0.29, 0.717) is 23.7 Å². The van der Waals surface area contributed by atoms with Crippen LogP contribution in [0.5, 0.6) is 11.5 Å². The highest BCUT2D eigenvalue weighted by molar-refractivity contribution is 5.47. The molecule has 100 valence electrons. The van der Waals surface area contributed by atoms with Gasteiger partial charge < -0.3 is 25.1 Å². The van der Waals surface area contributed by atoms with Gasteiger partial charge in [0.15, 0.2) is 11.5 Å². The van der Waals surface area contributed by atoms with Gasteiger partial charge in [0.2, 0.25) is 0 Å². The van der Waals surface area contributed by atoms with Gasteiger partial charge in [0.25, 0.3) is 0 Å². The molecule has 0 saturated carbocycles. The van der Waals surface area contributed by atoms with Gasteiger partial charge in [-0.2, -0.15) is 0 Å². The van der Waals surface area contributed by atoms with Crippen molar-refractivity contribution in [2.24, 2.45) is 5.73 Å². The molecule has 2 unspecified atom stereocenters. The Balaban J connectivity index is 2.22. The van der Waals surface area contributed by atoms with E-state index in [-0.39, 0.29) is 12.6 Å². The normalized spacial score (nSPS) is 20.7. The lowest BCUT2D eigenvalue weighted by molar-refractivity contribution is 0.137. The standard InChI is InChI=1S/C13H19NO4/c1-16-13-10(11(15)7-14)3-2-4-12(13)18-9-5-6-17-8-9/h2-4,9,11,15H,5-8,14H2,1H3. The number of nitrogens with two attached hydrogens (primary N) is 1. The quantitative estimate of drug-likeness (QED) is 0.814. The molecule has 0 aromatic heterocycles. The molecule has 2 rings (SSSR count). The molecule has 1 saturated heterocycles. The summed E-state index contributed by atoms with van der Waals surface area (Å²) in [6, 6.07) is 5.43. The molecule has 18 heavy (non-hydrogen) atoms. The van der Waals surface area contributed by atoms with Crippen LogP contribution in [0.3, 0.4) is 0 Å². The third-order valence-electron chi connectivity index (χ3n) is 2.98. The van der Waals surface area contributed by atoms with Crippen LogP contribution in [0.15, 0.2) is 18.2 Å².